The van der Waals surface area contributed by atoms with Gasteiger partial charge < -0.3 is 15.8 Å². The van der Waals surface area contributed by atoms with Crippen molar-refractivity contribution in [2.75, 3.05) is 13.2 Å². The molecule has 1 aromatic rings. The third-order valence-electron chi connectivity index (χ3n) is 1.96. The lowest BCUT2D eigenvalue weighted by atomic mass is 10.1. The quantitative estimate of drug-likeness (QED) is 0.501. The van der Waals surface area contributed by atoms with Crippen molar-refractivity contribution in [3.63, 3.8) is 0 Å². The molecule has 0 aliphatic rings. The zero-order valence-corrected chi connectivity index (χ0v) is 11.8. The Morgan fingerprint density at radius 3 is 2.50 bits per heavy atom. The van der Waals surface area contributed by atoms with Gasteiger partial charge in [-0.05, 0) is 45.0 Å². The van der Waals surface area contributed by atoms with E-state index in [-0.39, 0.29) is 5.54 Å². The Labute approximate surface area is 113 Å². The number of ether oxygens (including phenoxy) is 1. The lowest BCUT2D eigenvalue weighted by Crippen LogP contribution is -2.45. The van der Waals surface area contributed by atoms with Crippen LogP contribution < -0.4 is 15.8 Å². The molecule has 0 saturated carbocycles. The topological polar surface area (TPSA) is 59.6 Å². The maximum Gasteiger partial charge on any atom is 0.189 e. The van der Waals surface area contributed by atoms with E-state index in [9.17, 15) is 0 Å². The fraction of sp³-hybridized carbons (Fsp3) is 0.462. The number of guanidine groups is 1. The molecule has 5 heteroatoms. The Balaban J connectivity index is 2.30. The molecule has 1 rings (SSSR count). The highest BCUT2D eigenvalue weighted by Crippen LogP contribution is 2.15. The van der Waals surface area contributed by atoms with Crippen molar-refractivity contribution in [1.29, 1.82) is 0 Å². The molecular weight excluding hydrogens is 250 g/mol. The zero-order valence-electron chi connectivity index (χ0n) is 11.0. The highest BCUT2D eigenvalue weighted by Gasteiger charge is 2.09. The maximum atomic E-state index is 5.77. The molecule has 0 spiro atoms. The first-order chi connectivity index (χ1) is 8.37. The van der Waals surface area contributed by atoms with Crippen molar-refractivity contribution in [3.8, 4) is 5.75 Å². The number of nitrogens with zero attached hydrogens (tertiary/aromatic N) is 1. The first-order valence-electron chi connectivity index (χ1n) is 5.83. The largest absolute Gasteiger partial charge is 0.492 e. The first-order valence-corrected chi connectivity index (χ1v) is 6.21. The van der Waals surface area contributed by atoms with Crippen molar-refractivity contribution in [3.05, 3.63) is 29.3 Å². The van der Waals surface area contributed by atoms with Crippen LogP contribution in [0.15, 0.2) is 29.3 Å². The van der Waals surface area contributed by atoms with Crippen molar-refractivity contribution < 1.29 is 4.74 Å². The number of hydrogen-bond donors (Lipinski definition) is 2. The van der Waals surface area contributed by atoms with Crippen LogP contribution in [-0.4, -0.2) is 24.7 Å². The van der Waals surface area contributed by atoms with Crippen LogP contribution in [0, 0.1) is 0 Å². The molecule has 0 saturated heterocycles. The molecule has 0 aromatic heterocycles. The fourth-order valence-corrected chi connectivity index (χ4v) is 1.41. The second-order valence-corrected chi connectivity index (χ2v) is 5.38. The number of hydrogen-bond acceptors (Lipinski definition) is 2. The van der Waals surface area contributed by atoms with Crippen LogP contribution in [0.4, 0.5) is 0 Å². The van der Waals surface area contributed by atoms with Gasteiger partial charge in [-0.2, -0.15) is 0 Å². The number of benzene rings is 1. The summed E-state index contributed by atoms with van der Waals surface area (Å²) in [5.74, 6) is 1.21. The summed E-state index contributed by atoms with van der Waals surface area (Å²) < 4.78 is 5.49. The van der Waals surface area contributed by atoms with Crippen LogP contribution in [0.3, 0.4) is 0 Å². The van der Waals surface area contributed by atoms with E-state index in [2.05, 4.69) is 10.3 Å². The van der Waals surface area contributed by atoms with Crippen LogP contribution in [0.2, 0.25) is 5.02 Å². The first kappa shape index (κ1) is 14.6. The second kappa shape index (κ2) is 6.50. The predicted molar refractivity (Wildman–Crippen MR) is 76.3 cm³/mol. The highest BCUT2D eigenvalue weighted by atomic mass is 35.5. The van der Waals surface area contributed by atoms with Gasteiger partial charge in [0.2, 0.25) is 0 Å². The number of nitrogens with two attached hydrogens (primary N) is 1. The molecular formula is C13H20ClN3O. The van der Waals surface area contributed by atoms with Gasteiger partial charge in [0.25, 0.3) is 0 Å². The van der Waals surface area contributed by atoms with E-state index in [0.717, 1.165) is 5.75 Å². The fourth-order valence-electron chi connectivity index (χ4n) is 1.28. The number of halogens is 1. The molecule has 0 aliphatic heterocycles. The average molecular weight is 270 g/mol. The summed E-state index contributed by atoms with van der Waals surface area (Å²) in [6.45, 7) is 7.07. The summed E-state index contributed by atoms with van der Waals surface area (Å²) >= 11 is 5.77. The van der Waals surface area contributed by atoms with E-state index >= 15 is 0 Å². The van der Waals surface area contributed by atoms with Crippen LogP contribution >= 0.6 is 11.6 Å². The van der Waals surface area contributed by atoms with Gasteiger partial charge >= 0.3 is 0 Å². The summed E-state index contributed by atoms with van der Waals surface area (Å²) in [6.07, 6.45) is 0. The molecule has 0 unspecified atom stereocenters. The smallest absolute Gasteiger partial charge is 0.189 e. The number of aliphatic imine (C=N–C) groups is 1. The molecule has 1 aromatic carbocycles. The van der Waals surface area contributed by atoms with Crippen LogP contribution in [0.5, 0.6) is 5.75 Å². The number of rotatable bonds is 4. The molecule has 18 heavy (non-hydrogen) atoms. The number of nitrogens with one attached hydrogen (secondary N) is 1. The lowest BCUT2D eigenvalue weighted by molar-refractivity contribution is 0.328. The summed E-state index contributed by atoms with van der Waals surface area (Å²) in [6, 6.07) is 7.22. The molecule has 3 N–H and O–H groups in total. The average Bonchev–Trinajstić information content (AvgIpc) is 2.24. The van der Waals surface area contributed by atoms with Crippen molar-refractivity contribution in [2.45, 2.75) is 26.3 Å². The molecule has 0 amide bonds. The van der Waals surface area contributed by atoms with E-state index in [4.69, 9.17) is 22.1 Å². The molecule has 0 fully saturated rings. The van der Waals surface area contributed by atoms with Crippen molar-refractivity contribution >= 4 is 17.6 Å². The predicted octanol–water partition coefficient (Wildman–Crippen LogP) is 2.42. The molecule has 0 heterocycles. The SMILES string of the molecule is CC(C)(C)NC(N)=NCCOc1ccc(Cl)cc1. The molecule has 0 aliphatic carbocycles. The minimum atomic E-state index is -0.0788. The van der Waals surface area contributed by atoms with Gasteiger partial charge in [-0.3, -0.25) is 0 Å². The third-order valence-corrected chi connectivity index (χ3v) is 2.21. The van der Waals surface area contributed by atoms with Gasteiger partial charge in [-0.1, -0.05) is 11.6 Å². The minimum Gasteiger partial charge on any atom is -0.492 e. The zero-order chi connectivity index (χ0) is 13.6. The van der Waals surface area contributed by atoms with Gasteiger partial charge in [0.05, 0.1) is 6.54 Å². The third kappa shape index (κ3) is 6.35. The van der Waals surface area contributed by atoms with E-state index in [1.807, 2.05) is 32.9 Å². The Kier molecular flexibility index (Phi) is 5.28. The van der Waals surface area contributed by atoms with E-state index in [0.29, 0.717) is 24.1 Å². The van der Waals surface area contributed by atoms with Crippen molar-refractivity contribution in [2.24, 2.45) is 10.7 Å². The van der Waals surface area contributed by atoms with Gasteiger partial charge in [0, 0.05) is 10.6 Å². The van der Waals surface area contributed by atoms with E-state index < -0.39 is 0 Å². The van der Waals surface area contributed by atoms with Crippen LogP contribution in [-0.2, 0) is 0 Å². The van der Waals surface area contributed by atoms with Gasteiger partial charge in [0.1, 0.15) is 12.4 Å². The van der Waals surface area contributed by atoms with E-state index in [1.165, 1.54) is 0 Å². The Hall–Kier alpha value is -1.42. The Bertz CT molecular complexity index is 396. The van der Waals surface area contributed by atoms with Crippen LogP contribution in [0.25, 0.3) is 0 Å². The van der Waals surface area contributed by atoms with Gasteiger partial charge in [-0.15, -0.1) is 0 Å². The normalized spacial score (nSPS) is 12.3. The lowest BCUT2D eigenvalue weighted by Gasteiger charge is -2.20. The monoisotopic (exact) mass is 269 g/mol. The molecule has 100 valence electrons. The standard InChI is InChI=1S/C13H20ClN3O/c1-13(2,3)17-12(15)16-8-9-18-11-6-4-10(14)5-7-11/h4-7H,8-9H2,1-3H3,(H3,15,16,17). The Morgan fingerprint density at radius 2 is 1.94 bits per heavy atom. The second-order valence-electron chi connectivity index (χ2n) is 4.94. The summed E-state index contributed by atoms with van der Waals surface area (Å²) in [5.41, 5.74) is 5.65. The highest BCUT2D eigenvalue weighted by molar-refractivity contribution is 6.30. The molecule has 0 bridgehead atoms. The van der Waals surface area contributed by atoms with E-state index in [1.54, 1.807) is 12.1 Å². The van der Waals surface area contributed by atoms with Crippen LogP contribution in [0.1, 0.15) is 20.8 Å². The summed E-state index contributed by atoms with van der Waals surface area (Å²) in [7, 11) is 0. The maximum absolute atomic E-state index is 5.77. The Morgan fingerprint density at radius 1 is 1.33 bits per heavy atom. The van der Waals surface area contributed by atoms with Crippen molar-refractivity contribution in [1.82, 2.24) is 5.32 Å². The minimum absolute atomic E-state index is 0.0788. The summed E-state index contributed by atoms with van der Waals surface area (Å²) in [4.78, 5) is 4.17. The summed E-state index contributed by atoms with van der Waals surface area (Å²) in [5, 5.41) is 3.77. The molecule has 4 nitrogen and oxygen atoms in total. The molecule has 0 radical (unpaired) electrons. The van der Waals surface area contributed by atoms with Gasteiger partial charge in [-0.25, -0.2) is 4.99 Å². The van der Waals surface area contributed by atoms with Gasteiger partial charge in [0.15, 0.2) is 5.96 Å². The molecule has 0 atom stereocenters.